The fourth-order valence-corrected chi connectivity index (χ4v) is 4.05. The zero-order valence-electron chi connectivity index (χ0n) is 12.6. The van der Waals surface area contributed by atoms with Crippen LogP contribution in [-0.4, -0.2) is 21.3 Å². The van der Waals surface area contributed by atoms with Crippen molar-refractivity contribution < 1.29 is 0 Å². The summed E-state index contributed by atoms with van der Waals surface area (Å²) in [5.74, 6) is 0.695. The molecule has 0 aliphatic heterocycles. The van der Waals surface area contributed by atoms with Crippen molar-refractivity contribution in [2.75, 3.05) is 0 Å². The lowest BCUT2D eigenvalue weighted by molar-refractivity contribution is 0.148. The van der Waals surface area contributed by atoms with Crippen molar-refractivity contribution in [3.8, 4) is 0 Å². The molecule has 3 N–H and O–H groups in total. The second-order valence-electron chi connectivity index (χ2n) is 6.41. The second-order valence-corrected chi connectivity index (χ2v) is 7.64. The summed E-state index contributed by atoms with van der Waals surface area (Å²) in [7, 11) is 0. The van der Waals surface area contributed by atoms with Crippen LogP contribution in [0.5, 0.6) is 0 Å². The normalized spacial score (nSPS) is 27.5. The van der Waals surface area contributed by atoms with Crippen LogP contribution in [0.15, 0.2) is 22.2 Å². The number of aromatic nitrogens is 2. The molecule has 0 amide bonds. The molecule has 5 heteroatoms. The number of rotatable bonds is 4. The highest BCUT2D eigenvalue weighted by molar-refractivity contribution is 7.99. The Kier molecular flexibility index (Phi) is 4.91. The van der Waals surface area contributed by atoms with Gasteiger partial charge in [0.1, 0.15) is 0 Å². The predicted octanol–water partition coefficient (Wildman–Crippen LogP) is 2.79. The van der Waals surface area contributed by atoms with E-state index in [0.29, 0.717) is 21.7 Å². The van der Waals surface area contributed by atoms with Gasteiger partial charge in [-0.05, 0) is 30.6 Å². The van der Waals surface area contributed by atoms with Gasteiger partial charge in [0, 0.05) is 23.6 Å². The Balaban J connectivity index is 2.08. The molecule has 1 aliphatic carbocycles. The van der Waals surface area contributed by atoms with Crippen molar-refractivity contribution in [1.82, 2.24) is 9.97 Å². The van der Waals surface area contributed by atoms with Crippen molar-refractivity contribution in [1.29, 1.82) is 0 Å². The van der Waals surface area contributed by atoms with Gasteiger partial charge in [-0.25, -0.2) is 4.98 Å². The summed E-state index contributed by atoms with van der Waals surface area (Å²) in [5, 5.41) is 1.03. The Morgan fingerprint density at radius 1 is 1.50 bits per heavy atom. The topological polar surface area (TPSA) is 71.8 Å². The van der Waals surface area contributed by atoms with Crippen LogP contribution in [0.4, 0.5) is 0 Å². The summed E-state index contributed by atoms with van der Waals surface area (Å²) in [6.45, 7) is 6.95. The minimum atomic E-state index is -0.0997. The molecule has 1 aromatic rings. The third-order valence-corrected chi connectivity index (χ3v) is 6.05. The van der Waals surface area contributed by atoms with Gasteiger partial charge in [0.15, 0.2) is 5.16 Å². The van der Waals surface area contributed by atoms with Gasteiger partial charge in [-0.15, -0.1) is 0 Å². The number of hydrogen-bond donors (Lipinski definition) is 2. The lowest BCUT2D eigenvalue weighted by Gasteiger charge is -2.41. The largest absolute Gasteiger partial charge is 0.327 e. The minimum absolute atomic E-state index is 0.0997. The van der Waals surface area contributed by atoms with Gasteiger partial charge in [-0.1, -0.05) is 39.0 Å². The molecule has 112 valence electrons. The van der Waals surface area contributed by atoms with Gasteiger partial charge in [-0.2, -0.15) is 0 Å². The maximum Gasteiger partial charge on any atom is 0.251 e. The zero-order valence-corrected chi connectivity index (χ0v) is 13.4. The molecule has 0 spiro atoms. The number of nitrogens with one attached hydrogen (secondary N) is 1. The molecule has 3 atom stereocenters. The molecular weight excluding hydrogens is 270 g/mol. The molecule has 1 heterocycles. The van der Waals surface area contributed by atoms with Crippen LogP contribution >= 0.6 is 11.8 Å². The maximum absolute atomic E-state index is 11.3. The third-order valence-electron chi connectivity index (χ3n) is 4.77. The first-order chi connectivity index (χ1) is 9.42. The van der Waals surface area contributed by atoms with E-state index in [4.69, 9.17) is 5.73 Å². The highest BCUT2D eigenvalue weighted by Crippen LogP contribution is 2.43. The van der Waals surface area contributed by atoms with E-state index in [9.17, 15) is 4.79 Å². The van der Waals surface area contributed by atoms with Crippen molar-refractivity contribution in [3.63, 3.8) is 0 Å². The molecule has 1 saturated carbocycles. The van der Waals surface area contributed by atoms with Crippen molar-refractivity contribution in [3.05, 3.63) is 22.6 Å². The Bertz CT molecular complexity index is 500. The van der Waals surface area contributed by atoms with Gasteiger partial charge in [-0.3, -0.25) is 4.79 Å². The highest BCUT2D eigenvalue weighted by atomic mass is 32.2. The summed E-state index contributed by atoms with van der Waals surface area (Å²) in [6.07, 6.45) is 6.11. The summed E-state index contributed by atoms with van der Waals surface area (Å²) < 4.78 is 0. The number of hydrogen-bond acceptors (Lipinski definition) is 4. The van der Waals surface area contributed by atoms with E-state index >= 15 is 0 Å². The predicted molar refractivity (Wildman–Crippen MR) is 83.9 cm³/mol. The third kappa shape index (κ3) is 3.64. The van der Waals surface area contributed by atoms with Gasteiger partial charge >= 0.3 is 0 Å². The molecule has 2 rings (SSSR count). The Morgan fingerprint density at radius 2 is 2.25 bits per heavy atom. The van der Waals surface area contributed by atoms with Crippen LogP contribution in [0.3, 0.4) is 0 Å². The van der Waals surface area contributed by atoms with Crippen LogP contribution in [0.2, 0.25) is 0 Å². The SMILES string of the molecule is CCC(C)(C)C1CCC(N)C(Sc2nccc(=O)[nH]2)C1. The van der Waals surface area contributed by atoms with Gasteiger partial charge in [0.25, 0.3) is 5.56 Å². The second kappa shape index (κ2) is 6.31. The Labute approximate surface area is 125 Å². The number of H-pyrrole nitrogens is 1. The molecule has 0 radical (unpaired) electrons. The fraction of sp³-hybridized carbons (Fsp3) is 0.733. The van der Waals surface area contributed by atoms with Crippen LogP contribution in [0, 0.1) is 11.3 Å². The number of nitrogens with two attached hydrogens (primary N) is 1. The van der Waals surface area contributed by atoms with Gasteiger partial charge in [0.2, 0.25) is 0 Å². The summed E-state index contributed by atoms with van der Waals surface area (Å²) in [4.78, 5) is 18.4. The molecule has 3 unspecified atom stereocenters. The lowest BCUT2D eigenvalue weighted by atomic mass is 9.69. The van der Waals surface area contributed by atoms with Crippen LogP contribution in [0.1, 0.15) is 46.5 Å². The first kappa shape index (κ1) is 15.6. The summed E-state index contributed by atoms with van der Waals surface area (Å²) in [5.41, 5.74) is 6.53. The fourth-order valence-electron chi connectivity index (χ4n) is 2.84. The number of nitrogens with zero attached hydrogens (tertiary/aromatic N) is 1. The monoisotopic (exact) mass is 295 g/mol. The van der Waals surface area contributed by atoms with Crippen molar-refractivity contribution in [2.45, 2.75) is 62.9 Å². The molecule has 20 heavy (non-hydrogen) atoms. The van der Waals surface area contributed by atoms with Crippen LogP contribution in [0.25, 0.3) is 0 Å². The molecule has 1 aliphatic rings. The van der Waals surface area contributed by atoms with E-state index in [-0.39, 0.29) is 11.6 Å². The minimum Gasteiger partial charge on any atom is -0.327 e. The van der Waals surface area contributed by atoms with E-state index in [1.54, 1.807) is 18.0 Å². The van der Waals surface area contributed by atoms with Gasteiger partial charge in [0.05, 0.1) is 0 Å². The number of thioether (sulfide) groups is 1. The molecule has 1 aromatic heterocycles. The Hall–Kier alpha value is -0.810. The molecule has 4 nitrogen and oxygen atoms in total. The molecule has 1 fully saturated rings. The van der Waals surface area contributed by atoms with E-state index in [2.05, 4.69) is 30.7 Å². The number of aromatic amines is 1. The van der Waals surface area contributed by atoms with Gasteiger partial charge < -0.3 is 10.7 Å². The smallest absolute Gasteiger partial charge is 0.251 e. The Morgan fingerprint density at radius 3 is 2.90 bits per heavy atom. The average Bonchev–Trinajstić information content (AvgIpc) is 2.41. The maximum atomic E-state index is 11.3. The standard InChI is InChI=1S/C15H25N3OS/c1-4-15(2,3)10-5-6-11(16)12(9-10)20-14-17-8-7-13(19)18-14/h7-8,10-12H,4-6,9,16H2,1-3H3,(H,17,18,19). The van der Waals surface area contributed by atoms with Crippen LogP contribution in [-0.2, 0) is 0 Å². The quantitative estimate of drug-likeness (QED) is 0.838. The summed E-state index contributed by atoms with van der Waals surface area (Å²) in [6, 6.07) is 1.63. The van der Waals surface area contributed by atoms with Crippen molar-refractivity contribution >= 4 is 11.8 Å². The van der Waals surface area contributed by atoms with E-state index in [1.807, 2.05) is 0 Å². The summed E-state index contributed by atoms with van der Waals surface area (Å²) >= 11 is 1.63. The molecule has 0 bridgehead atoms. The molecular formula is C15H25N3OS. The van der Waals surface area contributed by atoms with Crippen LogP contribution < -0.4 is 11.3 Å². The van der Waals surface area contributed by atoms with Crippen molar-refractivity contribution in [2.24, 2.45) is 17.1 Å². The first-order valence-corrected chi connectivity index (χ1v) is 8.28. The van der Waals surface area contributed by atoms with E-state index < -0.39 is 0 Å². The highest BCUT2D eigenvalue weighted by Gasteiger charge is 2.36. The van der Waals surface area contributed by atoms with E-state index in [1.165, 1.54) is 18.9 Å². The molecule has 0 saturated heterocycles. The molecule has 0 aromatic carbocycles. The first-order valence-electron chi connectivity index (χ1n) is 7.40. The lowest BCUT2D eigenvalue weighted by Crippen LogP contribution is -2.42. The van der Waals surface area contributed by atoms with E-state index in [0.717, 1.165) is 12.8 Å². The average molecular weight is 295 g/mol. The zero-order chi connectivity index (χ0) is 14.8.